The van der Waals surface area contributed by atoms with Gasteiger partial charge < -0.3 is 19.4 Å². The minimum atomic E-state index is -5.90. The highest BCUT2D eigenvalue weighted by Gasteiger charge is 2.73. The number of halogens is 7. The van der Waals surface area contributed by atoms with E-state index in [2.05, 4.69) is 4.74 Å². The lowest BCUT2D eigenvalue weighted by atomic mass is 9.88. The van der Waals surface area contributed by atoms with E-state index in [1.807, 2.05) is 0 Å². The maximum absolute atomic E-state index is 14.3. The molecule has 1 aliphatic carbocycles. The van der Waals surface area contributed by atoms with E-state index in [4.69, 9.17) is 0 Å². The number of alkyl halides is 6. The Balaban J connectivity index is 1.53. The predicted octanol–water partition coefficient (Wildman–Crippen LogP) is 5.23. The number of hydrogen-bond acceptors (Lipinski definition) is 5. The van der Waals surface area contributed by atoms with E-state index in [0.717, 1.165) is 36.4 Å². The topological polar surface area (TPSA) is 87.2 Å². The smallest absolute Gasteiger partial charge is 0.354 e. The molecule has 1 atom stereocenters. The van der Waals surface area contributed by atoms with Crippen LogP contribution in [0.4, 0.5) is 35.5 Å². The molecule has 1 saturated carbocycles. The Hall–Kier alpha value is -3.40. The number of likely N-dealkylation sites (tertiary alicyclic amines) is 1. The molecule has 5 rings (SSSR count). The van der Waals surface area contributed by atoms with Crippen molar-refractivity contribution in [2.75, 3.05) is 45.9 Å². The monoisotopic (exact) mass is 679 g/mol. The number of piperazine rings is 1. The van der Waals surface area contributed by atoms with Crippen LogP contribution in [0.25, 0.3) is 0 Å². The highest BCUT2D eigenvalue weighted by Crippen LogP contribution is 2.54. The minimum Gasteiger partial charge on any atom is -0.354 e. The molecule has 0 N–H and O–H groups in total. The highest BCUT2D eigenvalue weighted by atomic mass is 32.2. The molecule has 3 aliphatic rings. The van der Waals surface area contributed by atoms with E-state index >= 15 is 0 Å². The molecule has 8 nitrogen and oxygen atoms in total. The van der Waals surface area contributed by atoms with Crippen LogP contribution in [0.2, 0.25) is 0 Å². The molecule has 0 radical (unpaired) electrons. The lowest BCUT2D eigenvalue weighted by Crippen LogP contribution is -2.56. The van der Waals surface area contributed by atoms with Crippen molar-refractivity contribution >= 4 is 21.8 Å². The molecular weight excluding hydrogens is 647 g/mol. The van der Waals surface area contributed by atoms with E-state index in [1.165, 1.54) is 16.7 Å². The van der Waals surface area contributed by atoms with Crippen LogP contribution < -0.4 is 0 Å². The zero-order valence-electron chi connectivity index (χ0n) is 24.7. The fourth-order valence-electron chi connectivity index (χ4n) is 6.08. The second-order valence-electron chi connectivity index (χ2n) is 11.9. The number of hydrogen-bond donors (Lipinski definition) is 0. The Labute approximate surface area is 261 Å². The molecule has 3 fully saturated rings. The number of sulfone groups is 1. The summed E-state index contributed by atoms with van der Waals surface area (Å²) >= 11 is 0. The Kier molecular flexibility index (Phi) is 8.85. The lowest BCUT2D eigenvalue weighted by molar-refractivity contribution is -0.390. The van der Waals surface area contributed by atoms with Crippen LogP contribution in [0.3, 0.4) is 0 Å². The summed E-state index contributed by atoms with van der Waals surface area (Å²) in [6, 6.07) is 6.23. The summed E-state index contributed by atoms with van der Waals surface area (Å²) in [6.07, 6.45) is -11.2. The molecule has 2 heterocycles. The van der Waals surface area contributed by atoms with Gasteiger partial charge in [-0.2, -0.15) is 26.3 Å². The number of rotatable bonds is 7. The van der Waals surface area contributed by atoms with Crippen LogP contribution in [0.15, 0.2) is 53.4 Å². The molecule has 46 heavy (non-hydrogen) atoms. The van der Waals surface area contributed by atoms with Gasteiger partial charge in [0.2, 0.25) is 5.91 Å². The average Bonchev–Trinajstić information content (AvgIpc) is 3.70. The minimum absolute atomic E-state index is 0.104. The van der Waals surface area contributed by atoms with Gasteiger partial charge in [0.1, 0.15) is 10.6 Å². The van der Waals surface area contributed by atoms with Crippen LogP contribution >= 0.6 is 0 Å². The fourth-order valence-corrected chi connectivity index (χ4v) is 8.16. The van der Waals surface area contributed by atoms with Gasteiger partial charge in [0.15, 0.2) is 9.84 Å². The van der Waals surface area contributed by atoms with Gasteiger partial charge in [-0.05, 0) is 55.0 Å². The van der Waals surface area contributed by atoms with Gasteiger partial charge in [0.05, 0.1) is 11.5 Å². The SMILES string of the molecule is CC(=O)N1CCN(C(=O)N2CCC(c3ccc(C(OCC4CC4)(C(F)(F)F)C(F)(F)F)cc3)(S(=O)(=O)c3ccc(F)cc3)C2)CC1. The lowest BCUT2D eigenvalue weighted by Gasteiger charge is -2.38. The number of amides is 3. The number of urea groups is 1. The number of carbonyl (C=O) groups is 2. The van der Waals surface area contributed by atoms with Gasteiger partial charge in [-0.3, -0.25) is 4.79 Å². The molecule has 2 saturated heterocycles. The molecule has 2 aromatic rings. The summed E-state index contributed by atoms with van der Waals surface area (Å²) in [4.78, 5) is 29.1. The van der Waals surface area contributed by atoms with Crippen LogP contribution in [0.1, 0.15) is 37.3 Å². The third-order valence-corrected chi connectivity index (χ3v) is 11.5. The third-order valence-electron chi connectivity index (χ3n) is 8.98. The van der Waals surface area contributed by atoms with Crippen molar-refractivity contribution in [2.45, 2.75) is 53.8 Å². The van der Waals surface area contributed by atoms with E-state index in [-0.39, 0.29) is 55.5 Å². The summed E-state index contributed by atoms with van der Waals surface area (Å²) in [5.41, 5.74) is -6.05. The molecule has 0 aromatic heterocycles. The maximum atomic E-state index is 14.3. The maximum Gasteiger partial charge on any atom is 0.430 e. The van der Waals surface area contributed by atoms with Crippen molar-refractivity contribution in [3.63, 3.8) is 0 Å². The summed E-state index contributed by atoms with van der Waals surface area (Å²) in [6.45, 7) is 0.939. The first kappa shape index (κ1) is 33.9. The van der Waals surface area contributed by atoms with Gasteiger partial charge in [0, 0.05) is 51.8 Å². The van der Waals surface area contributed by atoms with E-state index < -0.39 is 69.0 Å². The van der Waals surface area contributed by atoms with Crippen molar-refractivity contribution in [2.24, 2.45) is 5.92 Å². The molecule has 3 amide bonds. The molecular formula is C30H32F7N3O5S. The summed E-state index contributed by atoms with van der Waals surface area (Å²) in [5, 5.41) is 0. The van der Waals surface area contributed by atoms with E-state index in [1.54, 1.807) is 4.90 Å². The first-order chi connectivity index (χ1) is 21.4. The van der Waals surface area contributed by atoms with Crippen molar-refractivity contribution in [1.82, 2.24) is 14.7 Å². The van der Waals surface area contributed by atoms with Gasteiger partial charge in [0.25, 0.3) is 5.60 Å². The Morgan fingerprint density at radius 1 is 0.826 bits per heavy atom. The normalized spacial score (nSPS) is 21.5. The summed E-state index contributed by atoms with van der Waals surface area (Å²) in [5.74, 6) is -1.33. The predicted molar refractivity (Wildman–Crippen MR) is 150 cm³/mol. The first-order valence-electron chi connectivity index (χ1n) is 14.6. The molecule has 0 spiro atoms. The van der Waals surface area contributed by atoms with Crippen LogP contribution in [-0.4, -0.2) is 93.3 Å². The van der Waals surface area contributed by atoms with Crippen molar-refractivity contribution in [3.8, 4) is 0 Å². The van der Waals surface area contributed by atoms with Crippen LogP contribution in [0.5, 0.6) is 0 Å². The van der Waals surface area contributed by atoms with Crippen molar-refractivity contribution < 1.29 is 53.5 Å². The average molecular weight is 680 g/mol. The van der Waals surface area contributed by atoms with Crippen LogP contribution in [0, 0.1) is 11.7 Å². The Bertz CT molecular complexity index is 1540. The second-order valence-corrected chi connectivity index (χ2v) is 14.2. The fraction of sp³-hybridized carbons (Fsp3) is 0.533. The zero-order valence-corrected chi connectivity index (χ0v) is 25.5. The number of ether oxygens (including phenoxy) is 1. The van der Waals surface area contributed by atoms with Crippen molar-refractivity contribution in [1.29, 1.82) is 0 Å². The largest absolute Gasteiger partial charge is 0.430 e. The van der Waals surface area contributed by atoms with Gasteiger partial charge in [-0.25, -0.2) is 17.6 Å². The summed E-state index contributed by atoms with van der Waals surface area (Å²) in [7, 11) is -4.51. The van der Waals surface area contributed by atoms with Gasteiger partial charge in [-0.1, -0.05) is 24.3 Å². The highest BCUT2D eigenvalue weighted by molar-refractivity contribution is 7.92. The van der Waals surface area contributed by atoms with Crippen LogP contribution in [-0.2, 0) is 29.7 Å². The third kappa shape index (κ3) is 5.93. The van der Waals surface area contributed by atoms with E-state index in [9.17, 15) is 48.7 Å². The number of benzene rings is 2. The van der Waals surface area contributed by atoms with E-state index in [0.29, 0.717) is 25.0 Å². The van der Waals surface area contributed by atoms with Gasteiger partial charge in [-0.15, -0.1) is 0 Å². The molecule has 1 unspecified atom stereocenters. The first-order valence-corrected chi connectivity index (χ1v) is 16.1. The second kappa shape index (κ2) is 12.0. The standard InChI is InChI=1S/C30H32F7N3O5S/c1-20(41)38-14-16-39(17-15-38)26(42)40-13-12-27(19-40,46(43,44)25-10-8-24(31)9-11-25)22-4-6-23(7-5-22)28(29(32,33)34,30(35,36)37)45-18-21-2-3-21/h4-11,21H,2-3,12-19H2,1H3. The quantitative estimate of drug-likeness (QED) is 0.296. The molecule has 16 heteroatoms. The zero-order chi connectivity index (χ0) is 33.7. The molecule has 252 valence electrons. The number of nitrogens with zero attached hydrogens (tertiary/aromatic N) is 3. The number of carbonyl (C=O) groups excluding carboxylic acids is 2. The molecule has 2 aromatic carbocycles. The van der Waals surface area contributed by atoms with Gasteiger partial charge >= 0.3 is 18.4 Å². The Morgan fingerprint density at radius 2 is 1.37 bits per heavy atom. The summed E-state index contributed by atoms with van der Waals surface area (Å²) < 4.78 is 131. The molecule has 0 bridgehead atoms. The van der Waals surface area contributed by atoms with Crippen molar-refractivity contribution in [3.05, 3.63) is 65.5 Å². The Morgan fingerprint density at radius 3 is 1.87 bits per heavy atom. The molecule has 2 aliphatic heterocycles.